The fraction of sp³-hybridized carbons (Fsp3) is 0.176. The number of aromatic nitrogens is 2. The first-order chi connectivity index (χ1) is 11.1. The molecule has 118 valence electrons. The molecule has 1 aromatic heterocycles. The number of methoxy groups -OCH3 is 2. The number of ether oxygens (including phenoxy) is 2. The van der Waals surface area contributed by atoms with Gasteiger partial charge in [-0.3, -0.25) is 9.89 Å². The fourth-order valence-electron chi connectivity index (χ4n) is 2.46. The van der Waals surface area contributed by atoms with Crippen LogP contribution in [0.5, 0.6) is 11.5 Å². The van der Waals surface area contributed by atoms with Crippen molar-refractivity contribution in [3.05, 3.63) is 47.7 Å². The number of para-hydroxylation sites is 1. The number of hydrogen-bond donors (Lipinski definition) is 2. The molecule has 2 aromatic carbocycles. The number of carbonyl (C=O) groups excluding carboxylic acids is 1. The molecule has 1 amide bonds. The van der Waals surface area contributed by atoms with E-state index in [1.807, 2.05) is 25.1 Å². The van der Waals surface area contributed by atoms with Gasteiger partial charge in [-0.1, -0.05) is 12.1 Å². The second-order valence-corrected chi connectivity index (χ2v) is 5.12. The molecule has 0 bridgehead atoms. The number of hydrogen-bond acceptors (Lipinski definition) is 4. The lowest BCUT2D eigenvalue weighted by Gasteiger charge is -2.14. The highest BCUT2D eigenvalue weighted by atomic mass is 16.5. The monoisotopic (exact) mass is 311 g/mol. The first-order valence-electron chi connectivity index (χ1n) is 7.10. The molecule has 3 rings (SSSR count). The van der Waals surface area contributed by atoms with E-state index in [4.69, 9.17) is 9.47 Å². The van der Waals surface area contributed by atoms with Gasteiger partial charge in [-0.2, -0.15) is 5.10 Å². The van der Waals surface area contributed by atoms with Gasteiger partial charge in [0.1, 0.15) is 0 Å². The number of benzene rings is 2. The van der Waals surface area contributed by atoms with Gasteiger partial charge >= 0.3 is 0 Å². The summed E-state index contributed by atoms with van der Waals surface area (Å²) in [5.74, 6) is 0.974. The maximum atomic E-state index is 12.6. The average molecular weight is 311 g/mol. The van der Waals surface area contributed by atoms with E-state index in [2.05, 4.69) is 15.5 Å². The lowest BCUT2D eigenvalue weighted by atomic mass is 10.1. The van der Waals surface area contributed by atoms with Crippen molar-refractivity contribution in [2.45, 2.75) is 6.92 Å². The van der Waals surface area contributed by atoms with Gasteiger partial charge in [0, 0.05) is 17.1 Å². The number of amides is 1. The zero-order valence-electron chi connectivity index (χ0n) is 13.1. The number of nitrogens with one attached hydrogen (secondary N) is 2. The maximum Gasteiger partial charge on any atom is 0.257 e. The summed E-state index contributed by atoms with van der Waals surface area (Å²) < 4.78 is 10.5. The van der Waals surface area contributed by atoms with Crippen molar-refractivity contribution in [1.29, 1.82) is 0 Å². The van der Waals surface area contributed by atoms with Crippen molar-refractivity contribution in [1.82, 2.24) is 10.2 Å². The quantitative estimate of drug-likeness (QED) is 0.776. The highest BCUT2D eigenvalue weighted by molar-refractivity contribution is 6.12. The Morgan fingerprint density at radius 3 is 2.65 bits per heavy atom. The molecule has 0 aliphatic rings. The summed E-state index contributed by atoms with van der Waals surface area (Å²) >= 11 is 0. The number of nitrogens with zero attached hydrogens (tertiary/aromatic N) is 1. The van der Waals surface area contributed by atoms with E-state index in [1.165, 1.54) is 0 Å². The van der Waals surface area contributed by atoms with Crippen LogP contribution >= 0.6 is 0 Å². The number of rotatable bonds is 4. The van der Waals surface area contributed by atoms with Gasteiger partial charge in [0.2, 0.25) is 0 Å². The Labute approximate surface area is 133 Å². The molecule has 23 heavy (non-hydrogen) atoms. The van der Waals surface area contributed by atoms with E-state index in [0.29, 0.717) is 28.3 Å². The van der Waals surface area contributed by atoms with Crippen molar-refractivity contribution in [3.63, 3.8) is 0 Å². The summed E-state index contributed by atoms with van der Waals surface area (Å²) in [6, 6.07) is 9.06. The van der Waals surface area contributed by atoms with Crippen LogP contribution < -0.4 is 14.8 Å². The second kappa shape index (κ2) is 6.00. The topological polar surface area (TPSA) is 76.2 Å². The Kier molecular flexibility index (Phi) is 3.89. The number of fused-ring (bicyclic) bond motifs is 1. The molecule has 6 nitrogen and oxygen atoms in total. The molecule has 0 fully saturated rings. The van der Waals surface area contributed by atoms with E-state index in [1.54, 1.807) is 32.5 Å². The predicted molar refractivity (Wildman–Crippen MR) is 88.3 cm³/mol. The van der Waals surface area contributed by atoms with Gasteiger partial charge < -0.3 is 14.8 Å². The normalized spacial score (nSPS) is 10.6. The highest BCUT2D eigenvalue weighted by Gasteiger charge is 2.14. The SMILES string of the molecule is COc1cc(C)c(NC(=O)c2cccc3cn[nH]c23)cc1OC. The standard InChI is InChI=1S/C17H17N3O3/c1-10-7-14(22-2)15(23-3)8-13(10)19-17(21)12-6-4-5-11-9-18-20-16(11)12/h4-9H,1-3H3,(H,18,20)(H,19,21). The summed E-state index contributed by atoms with van der Waals surface area (Å²) in [5.41, 5.74) is 2.80. The lowest BCUT2D eigenvalue weighted by molar-refractivity contribution is 0.102. The van der Waals surface area contributed by atoms with E-state index in [-0.39, 0.29) is 5.91 Å². The molecule has 6 heteroatoms. The lowest BCUT2D eigenvalue weighted by Crippen LogP contribution is -2.13. The van der Waals surface area contributed by atoms with E-state index < -0.39 is 0 Å². The summed E-state index contributed by atoms with van der Waals surface area (Å²) in [6.07, 6.45) is 1.69. The van der Waals surface area contributed by atoms with Crippen LogP contribution in [0.1, 0.15) is 15.9 Å². The van der Waals surface area contributed by atoms with Crippen LogP contribution in [0, 0.1) is 6.92 Å². The van der Waals surface area contributed by atoms with Crippen LogP contribution in [0.3, 0.4) is 0 Å². The summed E-state index contributed by atoms with van der Waals surface area (Å²) in [7, 11) is 3.14. The Bertz CT molecular complexity index is 871. The number of carbonyl (C=O) groups is 1. The van der Waals surface area contributed by atoms with E-state index >= 15 is 0 Å². The van der Waals surface area contributed by atoms with Crippen molar-refractivity contribution in [2.75, 3.05) is 19.5 Å². The van der Waals surface area contributed by atoms with Crippen LogP contribution in [0.25, 0.3) is 10.9 Å². The van der Waals surface area contributed by atoms with Gasteiger partial charge in [-0.05, 0) is 24.6 Å². The number of H-pyrrole nitrogens is 1. The average Bonchev–Trinajstić information content (AvgIpc) is 3.04. The minimum absolute atomic E-state index is 0.213. The predicted octanol–water partition coefficient (Wildman–Crippen LogP) is 3.14. The number of anilines is 1. The summed E-state index contributed by atoms with van der Waals surface area (Å²) in [6.45, 7) is 1.90. The molecule has 0 aliphatic heterocycles. The van der Waals surface area contributed by atoms with Gasteiger partial charge in [-0.25, -0.2) is 0 Å². The minimum atomic E-state index is -0.213. The van der Waals surface area contributed by atoms with E-state index in [9.17, 15) is 4.79 Å². The molecule has 1 heterocycles. The molecule has 0 saturated heterocycles. The molecular formula is C17H17N3O3. The van der Waals surface area contributed by atoms with Gasteiger partial charge in [0.05, 0.1) is 31.5 Å². The molecule has 0 radical (unpaired) electrons. The smallest absolute Gasteiger partial charge is 0.257 e. The zero-order chi connectivity index (χ0) is 16.4. The molecule has 0 unspecified atom stereocenters. The Balaban J connectivity index is 1.95. The Morgan fingerprint density at radius 1 is 1.17 bits per heavy atom. The van der Waals surface area contributed by atoms with Crippen LogP contribution in [0.4, 0.5) is 5.69 Å². The van der Waals surface area contributed by atoms with Gasteiger partial charge in [-0.15, -0.1) is 0 Å². The third-order valence-electron chi connectivity index (χ3n) is 3.70. The molecule has 2 N–H and O–H groups in total. The molecule has 3 aromatic rings. The first-order valence-corrected chi connectivity index (χ1v) is 7.10. The van der Waals surface area contributed by atoms with Crippen molar-refractivity contribution < 1.29 is 14.3 Å². The van der Waals surface area contributed by atoms with Crippen LogP contribution in [0.15, 0.2) is 36.5 Å². The highest BCUT2D eigenvalue weighted by Crippen LogP contribution is 2.33. The summed E-state index contributed by atoms with van der Waals surface area (Å²) in [5, 5.41) is 10.6. The number of aryl methyl sites for hydroxylation is 1. The number of aromatic amines is 1. The van der Waals surface area contributed by atoms with Crippen LogP contribution in [0.2, 0.25) is 0 Å². The Hall–Kier alpha value is -3.02. The zero-order valence-corrected chi connectivity index (χ0v) is 13.1. The molecule has 0 saturated carbocycles. The van der Waals surface area contributed by atoms with Crippen molar-refractivity contribution in [3.8, 4) is 11.5 Å². The van der Waals surface area contributed by atoms with E-state index in [0.717, 1.165) is 10.9 Å². The first kappa shape index (κ1) is 14.9. The second-order valence-electron chi connectivity index (χ2n) is 5.12. The third-order valence-corrected chi connectivity index (χ3v) is 3.70. The molecule has 0 aliphatic carbocycles. The fourth-order valence-corrected chi connectivity index (χ4v) is 2.46. The van der Waals surface area contributed by atoms with Crippen molar-refractivity contribution in [2.24, 2.45) is 0 Å². The Morgan fingerprint density at radius 2 is 1.91 bits per heavy atom. The maximum absolute atomic E-state index is 12.6. The van der Waals surface area contributed by atoms with Gasteiger partial charge in [0.25, 0.3) is 5.91 Å². The van der Waals surface area contributed by atoms with Crippen LogP contribution in [-0.4, -0.2) is 30.3 Å². The molecular weight excluding hydrogens is 294 g/mol. The molecule has 0 spiro atoms. The van der Waals surface area contributed by atoms with Gasteiger partial charge in [0.15, 0.2) is 11.5 Å². The van der Waals surface area contributed by atoms with Crippen LogP contribution in [-0.2, 0) is 0 Å². The van der Waals surface area contributed by atoms with Crippen molar-refractivity contribution >= 4 is 22.5 Å². The molecule has 0 atom stereocenters. The minimum Gasteiger partial charge on any atom is -0.493 e. The largest absolute Gasteiger partial charge is 0.493 e. The summed E-state index contributed by atoms with van der Waals surface area (Å²) in [4.78, 5) is 12.6. The third kappa shape index (κ3) is 2.70.